The number of nitrogens with one attached hydrogen (secondary N) is 2. The standard InChI is InChI=1S/C16H19N3O4/c20-15(21)13(18-19-7-3-6-14(19)16(22)23)8-10-9-17-12-5-2-1-4-11(10)12/h1-2,4-5,9,13-14,17-18H,3,6-8H2,(H,20,21)(H,22,23)/t13-,14-/m0/s1. The number of aromatic nitrogens is 1. The first kappa shape index (κ1) is 15.5. The molecule has 0 saturated carbocycles. The fourth-order valence-electron chi connectivity index (χ4n) is 3.09. The van der Waals surface area contributed by atoms with Crippen LogP contribution < -0.4 is 5.43 Å². The Labute approximate surface area is 132 Å². The summed E-state index contributed by atoms with van der Waals surface area (Å²) in [5, 5.41) is 21.2. The Bertz CT molecular complexity index is 727. The highest BCUT2D eigenvalue weighted by Gasteiger charge is 2.33. The Morgan fingerprint density at radius 3 is 2.87 bits per heavy atom. The Kier molecular flexibility index (Phi) is 4.31. The lowest BCUT2D eigenvalue weighted by atomic mass is 10.1. The summed E-state index contributed by atoms with van der Waals surface area (Å²) in [6, 6.07) is 6.16. The summed E-state index contributed by atoms with van der Waals surface area (Å²) in [4.78, 5) is 25.9. The third-order valence-electron chi connectivity index (χ3n) is 4.26. The Morgan fingerprint density at radius 1 is 1.35 bits per heavy atom. The van der Waals surface area contributed by atoms with E-state index in [2.05, 4.69) is 10.4 Å². The lowest BCUT2D eigenvalue weighted by molar-refractivity contribution is -0.147. The fraction of sp³-hybridized carbons (Fsp3) is 0.375. The van der Waals surface area contributed by atoms with E-state index in [1.54, 1.807) is 6.20 Å². The van der Waals surface area contributed by atoms with Gasteiger partial charge in [-0.3, -0.25) is 9.59 Å². The van der Waals surface area contributed by atoms with Gasteiger partial charge in [-0.15, -0.1) is 0 Å². The molecule has 0 aliphatic carbocycles. The van der Waals surface area contributed by atoms with Crippen molar-refractivity contribution in [2.45, 2.75) is 31.3 Å². The Balaban J connectivity index is 1.77. The van der Waals surface area contributed by atoms with Gasteiger partial charge < -0.3 is 15.2 Å². The number of para-hydroxylation sites is 1. The molecule has 1 saturated heterocycles. The molecule has 4 N–H and O–H groups in total. The number of carboxylic acids is 2. The Morgan fingerprint density at radius 2 is 2.13 bits per heavy atom. The van der Waals surface area contributed by atoms with Gasteiger partial charge in [-0.05, 0) is 24.5 Å². The highest BCUT2D eigenvalue weighted by atomic mass is 16.4. The van der Waals surface area contributed by atoms with Crippen LogP contribution in [0.3, 0.4) is 0 Å². The second kappa shape index (κ2) is 6.39. The maximum Gasteiger partial charge on any atom is 0.322 e. The second-order valence-electron chi connectivity index (χ2n) is 5.77. The highest BCUT2D eigenvalue weighted by Crippen LogP contribution is 2.20. The monoisotopic (exact) mass is 317 g/mol. The van der Waals surface area contributed by atoms with Gasteiger partial charge in [0, 0.05) is 30.1 Å². The molecule has 7 heteroatoms. The molecule has 0 bridgehead atoms. The number of hydrogen-bond acceptors (Lipinski definition) is 4. The molecule has 2 aromatic rings. The van der Waals surface area contributed by atoms with E-state index in [1.807, 2.05) is 24.3 Å². The molecule has 1 aromatic carbocycles. The largest absolute Gasteiger partial charge is 0.480 e. The molecule has 0 unspecified atom stereocenters. The summed E-state index contributed by atoms with van der Waals surface area (Å²) in [5.74, 6) is -1.92. The molecule has 1 aromatic heterocycles. The van der Waals surface area contributed by atoms with Gasteiger partial charge in [-0.2, -0.15) is 0 Å². The lowest BCUT2D eigenvalue weighted by Gasteiger charge is -2.26. The molecule has 0 amide bonds. The molecule has 3 rings (SSSR count). The van der Waals surface area contributed by atoms with Crippen molar-refractivity contribution in [1.29, 1.82) is 0 Å². The highest BCUT2D eigenvalue weighted by molar-refractivity contribution is 5.84. The molecule has 1 fully saturated rings. The first-order chi connectivity index (χ1) is 11.1. The SMILES string of the molecule is O=C(O)[C@H](Cc1c[nH]c2ccccc12)NN1CCC[C@H]1C(=O)O. The number of fused-ring (bicyclic) bond motifs is 1. The van der Waals surface area contributed by atoms with Crippen LogP contribution in [0.1, 0.15) is 18.4 Å². The zero-order valence-electron chi connectivity index (χ0n) is 12.5. The number of carboxylic acid groups (broad SMARTS) is 2. The van der Waals surface area contributed by atoms with Crippen LogP contribution in [-0.4, -0.2) is 50.8 Å². The van der Waals surface area contributed by atoms with Crippen molar-refractivity contribution < 1.29 is 19.8 Å². The van der Waals surface area contributed by atoms with Crippen molar-refractivity contribution >= 4 is 22.8 Å². The van der Waals surface area contributed by atoms with Gasteiger partial charge >= 0.3 is 11.9 Å². The number of H-pyrrole nitrogens is 1. The van der Waals surface area contributed by atoms with Crippen molar-refractivity contribution in [2.24, 2.45) is 0 Å². The van der Waals surface area contributed by atoms with Gasteiger partial charge in [0.1, 0.15) is 12.1 Å². The molecule has 0 radical (unpaired) electrons. The van der Waals surface area contributed by atoms with Crippen LogP contribution in [0, 0.1) is 0 Å². The molecule has 0 spiro atoms. The first-order valence-corrected chi connectivity index (χ1v) is 7.59. The van der Waals surface area contributed by atoms with Crippen LogP contribution in [0.15, 0.2) is 30.5 Å². The summed E-state index contributed by atoms with van der Waals surface area (Å²) >= 11 is 0. The molecule has 1 aliphatic rings. The van der Waals surface area contributed by atoms with Gasteiger partial charge in [-0.25, -0.2) is 10.4 Å². The van der Waals surface area contributed by atoms with E-state index in [0.717, 1.165) is 22.9 Å². The normalized spacial score (nSPS) is 19.9. The third-order valence-corrected chi connectivity index (χ3v) is 4.26. The molecule has 122 valence electrons. The van der Waals surface area contributed by atoms with Gasteiger partial charge in [-0.1, -0.05) is 18.2 Å². The van der Waals surface area contributed by atoms with Gasteiger partial charge in [0.25, 0.3) is 0 Å². The van der Waals surface area contributed by atoms with Crippen LogP contribution in [0.2, 0.25) is 0 Å². The van der Waals surface area contributed by atoms with E-state index < -0.39 is 24.0 Å². The van der Waals surface area contributed by atoms with E-state index in [1.165, 1.54) is 5.01 Å². The van der Waals surface area contributed by atoms with Crippen LogP contribution in [0.4, 0.5) is 0 Å². The maximum atomic E-state index is 11.6. The maximum absolute atomic E-state index is 11.6. The number of carbonyl (C=O) groups is 2. The van der Waals surface area contributed by atoms with E-state index in [4.69, 9.17) is 0 Å². The molecule has 1 aliphatic heterocycles. The van der Waals surface area contributed by atoms with E-state index in [-0.39, 0.29) is 6.42 Å². The smallest absolute Gasteiger partial charge is 0.322 e. The zero-order chi connectivity index (χ0) is 16.4. The minimum absolute atomic E-state index is 0.280. The molecular weight excluding hydrogens is 298 g/mol. The minimum atomic E-state index is -0.994. The van der Waals surface area contributed by atoms with Crippen LogP contribution in [0.5, 0.6) is 0 Å². The molecule has 2 atom stereocenters. The summed E-state index contributed by atoms with van der Waals surface area (Å²) in [7, 11) is 0. The number of hydrogen-bond donors (Lipinski definition) is 4. The summed E-state index contributed by atoms with van der Waals surface area (Å²) in [6.45, 7) is 0.536. The molecule has 23 heavy (non-hydrogen) atoms. The van der Waals surface area contributed by atoms with E-state index in [0.29, 0.717) is 13.0 Å². The third kappa shape index (κ3) is 3.20. The van der Waals surface area contributed by atoms with Gasteiger partial charge in [0.2, 0.25) is 0 Å². The zero-order valence-corrected chi connectivity index (χ0v) is 12.5. The number of aromatic amines is 1. The second-order valence-corrected chi connectivity index (χ2v) is 5.77. The molecular formula is C16H19N3O4. The average Bonchev–Trinajstić information content (AvgIpc) is 3.14. The van der Waals surface area contributed by atoms with Crippen molar-refractivity contribution in [1.82, 2.24) is 15.4 Å². The van der Waals surface area contributed by atoms with Gasteiger partial charge in [0.15, 0.2) is 0 Å². The van der Waals surface area contributed by atoms with E-state index >= 15 is 0 Å². The average molecular weight is 317 g/mol. The predicted octanol–water partition coefficient (Wildman–Crippen LogP) is 1.22. The first-order valence-electron chi connectivity index (χ1n) is 7.59. The van der Waals surface area contributed by atoms with Crippen molar-refractivity contribution in [3.63, 3.8) is 0 Å². The summed E-state index contributed by atoms with van der Waals surface area (Å²) < 4.78 is 0. The lowest BCUT2D eigenvalue weighted by Crippen LogP contribution is -2.53. The number of hydrazine groups is 1. The quantitative estimate of drug-likeness (QED) is 0.638. The Hall–Kier alpha value is -2.38. The van der Waals surface area contributed by atoms with E-state index in [9.17, 15) is 19.8 Å². The van der Waals surface area contributed by atoms with Crippen LogP contribution >= 0.6 is 0 Å². The van der Waals surface area contributed by atoms with Crippen molar-refractivity contribution in [3.05, 3.63) is 36.0 Å². The number of aliphatic carboxylic acids is 2. The fourth-order valence-corrected chi connectivity index (χ4v) is 3.09. The number of rotatable bonds is 6. The van der Waals surface area contributed by atoms with Crippen LogP contribution in [0.25, 0.3) is 10.9 Å². The summed E-state index contributed by atoms with van der Waals surface area (Å²) in [5.41, 5.74) is 4.74. The minimum Gasteiger partial charge on any atom is -0.480 e. The molecule has 7 nitrogen and oxygen atoms in total. The van der Waals surface area contributed by atoms with Crippen molar-refractivity contribution in [3.8, 4) is 0 Å². The topological polar surface area (TPSA) is 106 Å². The van der Waals surface area contributed by atoms with Crippen LogP contribution in [-0.2, 0) is 16.0 Å². The molecule has 2 heterocycles. The summed E-state index contributed by atoms with van der Waals surface area (Å²) in [6.07, 6.45) is 3.36. The van der Waals surface area contributed by atoms with Gasteiger partial charge in [0.05, 0.1) is 0 Å². The number of benzene rings is 1. The predicted molar refractivity (Wildman–Crippen MR) is 83.9 cm³/mol. The van der Waals surface area contributed by atoms with Crippen molar-refractivity contribution in [2.75, 3.05) is 6.54 Å². The number of nitrogens with zero attached hydrogens (tertiary/aromatic N) is 1.